The molecule has 0 amide bonds. The zero-order valence-electron chi connectivity index (χ0n) is 11.7. The monoisotopic (exact) mass is 246 g/mol. The van der Waals surface area contributed by atoms with Crippen LogP contribution in [0.25, 0.3) is 0 Å². The van der Waals surface area contributed by atoms with Crippen molar-refractivity contribution in [1.82, 2.24) is 4.90 Å². The van der Waals surface area contributed by atoms with Crippen molar-refractivity contribution < 1.29 is 0 Å². The minimum absolute atomic E-state index is 0.378. The molecule has 1 aliphatic carbocycles. The summed E-state index contributed by atoms with van der Waals surface area (Å²) in [6, 6.07) is 9.54. The van der Waals surface area contributed by atoms with Crippen LogP contribution in [0.1, 0.15) is 56.2 Å². The maximum Gasteiger partial charge on any atom is 0.0470 e. The first kappa shape index (κ1) is 13.6. The van der Waals surface area contributed by atoms with Gasteiger partial charge in [0, 0.05) is 12.6 Å². The van der Waals surface area contributed by atoms with Gasteiger partial charge in [-0.2, -0.15) is 0 Å². The average molecular weight is 246 g/mol. The van der Waals surface area contributed by atoms with E-state index in [-0.39, 0.29) is 0 Å². The third-order valence-corrected chi connectivity index (χ3v) is 3.95. The molecule has 100 valence electrons. The van der Waals surface area contributed by atoms with Crippen molar-refractivity contribution in [2.75, 3.05) is 19.6 Å². The number of hydrogen-bond donors (Lipinski definition) is 1. The summed E-state index contributed by atoms with van der Waals surface area (Å²) in [6.45, 7) is 7.35. The summed E-state index contributed by atoms with van der Waals surface area (Å²) >= 11 is 0. The summed E-state index contributed by atoms with van der Waals surface area (Å²) in [5.41, 5.74) is 8.86. The lowest BCUT2D eigenvalue weighted by Crippen LogP contribution is -2.34. The standard InChI is InChI=1S/C16H26N2/c1-3-11-18(4-2)16(12-17)15-9-7-14(8-10-15)13-5-6-13/h7-10,13,16H,3-6,11-12,17H2,1-2H3. The number of benzene rings is 1. The predicted octanol–water partition coefficient (Wildman–Crippen LogP) is 3.30. The van der Waals surface area contributed by atoms with Crippen molar-refractivity contribution in [2.45, 2.75) is 45.1 Å². The molecular weight excluding hydrogens is 220 g/mol. The van der Waals surface area contributed by atoms with Crippen LogP contribution in [-0.4, -0.2) is 24.5 Å². The van der Waals surface area contributed by atoms with Crippen LogP contribution in [0.15, 0.2) is 24.3 Å². The number of hydrogen-bond acceptors (Lipinski definition) is 2. The highest BCUT2D eigenvalue weighted by molar-refractivity contribution is 5.29. The molecule has 1 saturated carbocycles. The third kappa shape index (κ3) is 3.12. The van der Waals surface area contributed by atoms with Crippen LogP contribution in [0.3, 0.4) is 0 Å². The van der Waals surface area contributed by atoms with Crippen molar-refractivity contribution in [3.05, 3.63) is 35.4 Å². The van der Waals surface area contributed by atoms with Crippen LogP contribution in [-0.2, 0) is 0 Å². The van der Waals surface area contributed by atoms with Gasteiger partial charge in [0.15, 0.2) is 0 Å². The average Bonchev–Trinajstić information content (AvgIpc) is 3.23. The number of likely N-dealkylation sites (N-methyl/N-ethyl adjacent to an activating group) is 1. The summed E-state index contributed by atoms with van der Waals surface area (Å²) in [5, 5.41) is 0. The van der Waals surface area contributed by atoms with E-state index in [0.717, 1.165) is 19.0 Å². The molecule has 0 saturated heterocycles. The highest BCUT2D eigenvalue weighted by Crippen LogP contribution is 2.40. The van der Waals surface area contributed by atoms with E-state index in [0.29, 0.717) is 12.6 Å². The second kappa shape index (κ2) is 6.35. The minimum Gasteiger partial charge on any atom is -0.329 e. The fourth-order valence-electron chi connectivity index (χ4n) is 2.72. The van der Waals surface area contributed by atoms with Crippen LogP contribution in [0.5, 0.6) is 0 Å². The van der Waals surface area contributed by atoms with Gasteiger partial charge in [-0.25, -0.2) is 0 Å². The molecule has 1 unspecified atom stereocenters. The van der Waals surface area contributed by atoms with Gasteiger partial charge in [-0.05, 0) is 49.4 Å². The molecule has 2 nitrogen and oxygen atoms in total. The molecule has 1 aliphatic rings. The molecule has 0 bridgehead atoms. The normalized spacial score (nSPS) is 17.1. The van der Waals surface area contributed by atoms with Gasteiger partial charge in [-0.15, -0.1) is 0 Å². The van der Waals surface area contributed by atoms with Crippen molar-refractivity contribution in [3.63, 3.8) is 0 Å². The zero-order chi connectivity index (χ0) is 13.0. The molecule has 1 aromatic carbocycles. The fraction of sp³-hybridized carbons (Fsp3) is 0.625. The predicted molar refractivity (Wildman–Crippen MR) is 77.8 cm³/mol. The molecule has 2 N–H and O–H groups in total. The van der Waals surface area contributed by atoms with Crippen LogP contribution in [0, 0.1) is 0 Å². The van der Waals surface area contributed by atoms with Crippen LogP contribution in [0.4, 0.5) is 0 Å². The first-order valence-electron chi connectivity index (χ1n) is 7.34. The number of rotatable bonds is 7. The molecule has 2 rings (SSSR count). The molecule has 1 fully saturated rings. The lowest BCUT2D eigenvalue weighted by atomic mass is 10.0. The zero-order valence-corrected chi connectivity index (χ0v) is 11.7. The Bertz CT molecular complexity index is 354. The quantitative estimate of drug-likeness (QED) is 0.800. The Hall–Kier alpha value is -0.860. The molecule has 0 aliphatic heterocycles. The van der Waals surface area contributed by atoms with E-state index < -0.39 is 0 Å². The largest absolute Gasteiger partial charge is 0.329 e. The maximum absolute atomic E-state index is 5.98. The Balaban J connectivity index is 2.09. The topological polar surface area (TPSA) is 29.3 Å². The highest BCUT2D eigenvalue weighted by Gasteiger charge is 2.24. The molecule has 1 aromatic rings. The van der Waals surface area contributed by atoms with Crippen molar-refractivity contribution >= 4 is 0 Å². The lowest BCUT2D eigenvalue weighted by Gasteiger charge is -2.30. The smallest absolute Gasteiger partial charge is 0.0470 e. The van der Waals surface area contributed by atoms with Crippen molar-refractivity contribution in [2.24, 2.45) is 5.73 Å². The molecule has 1 atom stereocenters. The highest BCUT2D eigenvalue weighted by atomic mass is 15.2. The van der Waals surface area contributed by atoms with E-state index in [9.17, 15) is 0 Å². The molecular formula is C16H26N2. The summed E-state index contributed by atoms with van der Waals surface area (Å²) < 4.78 is 0. The summed E-state index contributed by atoms with van der Waals surface area (Å²) in [6.07, 6.45) is 3.93. The van der Waals surface area contributed by atoms with E-state index in [4.69, 9.17) is 5.73 Å². The Labute approximate surface area is 111 Å². The lowest BCUT2D eigenvalue weighted by molar-refractivity contribution is 0.213. The molecule has 0 heterocycles. The molecule has 0 radical (unpaired) electrons. The minimum atomic E-state index is 0.378. The Morgan fingerprint density at radius 3 is 2.33 bits per heavy atom. The Kier molecular flexibility index (Phi) is 4.79. The van der Waals surface area contributed by atoms with E-state index in [2.05, 4.69) is 43.0 Å². The van der Waals surface area contributed by atoms with Crippen LogP contribution < -0.4 is 5.73 Å². The summed E-state index contributed by atoms with van der Waals surface area (Å²) in [4.78, 5) is 2.48. The van der Waals surface area contributed by atoms with E-state index in [1.54, 1.807) is 0 Å². The molecule has 0 aromatic heterocycles. The number of nitrogens with two attached hydrogens (primary N) is 1. The SMILES string of the molecule is CCCN(CC)C(CN)c1ccc(C2CC2)cc1. The van der Waals surface area contributed by atoms with Crippen LogP contribution in [0.2, 0.25) is 0 Å². The number of nitrogens with zero attached hydrogens (tertiary/aromatic N) is 1. The van der Waals surface area contributed by atoms with E-state index in [1.807, 2.05) is 0 Å². The molecule has 0 spiro atoms. The van der Waals surface area contributed by atoms with Crippen molar-refractivity contribution in [1.29, 1.82) is 0 Å². The molecule has 18 heavy (non-hydrogen) atoms. The first-order chi connectivity index (χ1) is 8.80. The summed E-state index contributed by atoms with van der Waals surface area (Å²) in [5.74, 6) is 0.841. The van der Waals surface area contributed by atoms with Gasteiger partial charge in [-0.3, -0.25) is 4.90 Å². The summed E-state index contributed by atoms with van der Waals surface area (Å²) in [7, 11) is 0. The van der Waals surface area contributed by atoms with Gasteiger partial charge < -0.3 is 5.73 Å². The second-order valence-electron chi connectivity index (χ2n) is 5.32. The first-order valence-corrected chi connectivity index (χ1v) is 7.34. The van der Waals surface area contributed by atoms with Gasteiger partial charge in [0.25, 0.3) is 0 Å². The molecule has 2 heteroatoms. The Morgan fingerprint density at radius 1 is 1.22 bits per heavy atom. The van der Waals surface area contributed by atoms with E-state index in [1.165, 1.54) is 30.4 Å². The van der Waals surface area contributed by atoms with Gasteiger partial charge in [0.05, 0.1) is 0 Å². The van der Waals surface area contributed by atoms with Crippen molar-refractivity contribution in [3.8, 4) is 0 Å². The van der Waals surface area contributed by atoms with Gasteiger partial charge in [0.2, 0.25) is 0 Å². The van der Waals surface area contributed by atoms with Crippen LogP contribution >= 0.6 is 0 Å². The third-order valence-electron chi connectivity index (χ3n) is 3.95. The fourth-order valence-corrected chi connectivity index (χ4v) is 2.72. The van der Waals surface area contributed by atoms with Gasteiger partial charge >= 0.3 is 0 Å². The van der Waals surface area contributed by atoms with E-state index >= 15 is 0 Å². The van der Waals surface area contributed by atoms with Gasteiger partial charge in [0.1, 0.15) is 0 Å². The Morgan fingerprint density at radius 2 is 1.89 bits per heavy atom. The van der Waals surface area contributed by atoms with Gasteiger partial charge in [-0.1, -0.05) is 38.1 Å². The second-order valence-corrected chi connectivity index (χ2v) is 5.32. The maximum atomic E-state index is 5.98.